The molecule has 0 aliphatic carbocycles. The third-order valence-corrected chi connectivity index (χ3v) is 2.83. The Labute approximate surface area is 102 Å². The second kappa shape index (κ2) is 4.31. The molecule has 0 atom stereocenters. The molecule has 1 aromatic carbocycles. The summed E-state index contributed by atoms with van der Waals surface area (Å²) >= 11 is 11.7. The third-order valence-electron chi connectivity index (χ3n) is 2.24. The molecule has 2 rings (SSSR count). The zero-order valence-electron chi connectivity index (χ0n) is 8.17. The van der Waals surface area contributed by atoms with Gasteiger partial charge in [-0.1, -0.05) is 29.3 Å². The molecule has 0 unspecified atom stereocenters. The van der Waals surface area contributed by atoms with Gasteiger partial charge in [0, 0.05) is 16.6 Å². The molecule has 0 radical (unpaired) electrons. The molecule has 1 aliphatic rings. The van der Waals surface area contributed by atoms with Crippen LogP contribution in [0.15, 0.2) is 18.2 Å². The van der Waals surface area contributed by atoms with Crippen LogP contribution in [0.2, 0.25) is 10.0 Å². The summed E-state index contributed by atoms with van der Waals surface area (Å²) in [6.45, 7) is 0.366. The van der Waals surface area contributed by atoms with Gasteiger partial charge in [0.1, 0.15) is 6.54 Å². The molecule has 3 amide bonds. The van der Waals surface area contributed by atoms with E-state index in [0.717, 1.165) is 5.56 Å². The molecule has 0 saturated carbocycles. The van der Waals surface area contributed by atoms with Gasteiger partial charge in [0.15, 0.2) is 0 Å². The number of halogens is 2. The number of amides is 3. The van der Waals surface area contributed by atoms with E-state index < -0.39 is 6.03 Å². The van der Waals surface area contributed by atoms with Crippen molar-refractivity contribution >= 4 is 35.1 Å². The van der Waals surface area contributed by atoms with Crippen LogP contribution in [0.5, 0.6) is 0 Å². The van der Waals surface area contributed by atoms with Crippen LogP contribution in [-0.4, -0.2) is 23.4 Å². The summed E-state index contributed by atoms with van der Waals surface area (Å²) in [6.07, 6.45) is 0. The largest absolute Gasteiger partial charge is 0.324 e. The van der Waals surface area contributed by atoms with E-state index in [2.05, 4.69) is 5.32 Å². The van der Waals surface area contributed by atoms with Crippen molar-refractivity contribution in [1.29, 1.82) is 0 Å². The fourth-order valence-electron chi connectivity index (χ4n) is 1.47. The van der Waals surface area contributed by atoms with E-state index >= 15 is 0 Å². The topological polar surface area (TPSA) is 49.4 Å². The van der Waals surface area contributed by atoms with Crippen molar-refractivity contribution in [2.24, 2.45) is 0 Å². The van der Waals surface area contributed by atoms with Crippen LogP contribution in [0.1, 0.15) is 5.56 Å². The number of nitrogens with zero attached hydrogens (tertiary/aromatic N) is 1. The van der Waals surface area contributed by atoms with Crippen molar-refractivity contribution < 1.29 is 9.59 Å². The van der Waals surface area contributed by atoms with Crippen LogP contribution < -0.4 is 5.32 Å². The maximum atomic E-state index is 11.3. The summed E-state index contributed by atoms with van der Waals surface area (Å²) < 4.78 is 0. The van der Waals surface area contributed by atoms with Gasteiger partial charge in [-0.25, -0.2) is 4.79 Å². The predicted octanol–water partition coefficient (Wildman–Crippen LogP) is 2.05. The van der Waals surface area contributed by atoms with E-state index in [1.807, 2.05) is 0 Å². The molecule has 1 N–H and O–H groups in total. The van der Waals surface area contributed by atoms with Crippen molar-refractivity contribution in [1.82, 2.24) is 10.2 Å². The van der Waals surface area contributed by atoms with Crippen LogP contribution in [0.4, 0.5) is 4.79 Å². The van der Waals surface area contributed by atoms with Crippen molar-refractivity contribution in [3.05, 3.63) is 33.8 Å². The van der Waals surface area contributed by atoms with Crippen molar-refractivity contribution in [3.8, 4) is 0 Å². The average molecular weight is 259 g/mol. The molecule has 0 aromatic heterocycles. The van der Waals surface area contributed by atoms with Gasteiger partial charge in [-0.05, 0) is 17.7 Å². The normalized spacial score (nSPS) is 15.5. The highest BCUT2D eigenvalue weighted by atomic mass is 35.5. The Kier molecular flexibility index (Phi) is 3.03. The van der Waals surface area contributed by atoms with Gasteiger partial charge >= 0.3 is 6.03 Å². The summed E-state index contributed by atoms with van der Waals surface area (Å²) in [5.41, 5.74) is 0.760. The number of hydrogen-bond donors (Lipinski definition) is 1. The molecule has 0 spiro atoms. The van der Waals surface area contributed by atoms with Crippen LogP contribution in [0, 0.1) is 0 Å². The molecule has 1 heterocycles. The summed E-state index contributed by atoms with van der Waals surface area (Å²) in [5.74, 6) is -0.296. The molecule has 16 heavy (non-hydrogen) atoms. The van der Waals surface area contributed by atoms with E-state index in [0.29, 0.717) is 16.6 Å². The highest BCUT2D eigenvalue weighted by Crippen LogP contribution is 2.22. The second-order valence-electron chi connectivity index (χ2n) is 3.45. The Bertz CT molecular complexity index is 462. The monoisotopic (exact) mass is 258 g/mol. The molecular formula is C10H8Cl2N2O2. The lowest BCUT2D eigenvalue weighted by Gasteiger charge is -2.14. The van der Waals surface area contributed by atoms with Gasteiger partial charge < -0.3 is 4.90 Å². The van der Waals surface area contributed by atoms with Gasteiger partial charge in [-0.15, -0.1) is 0 Å². The van der Waals surface area contributed by atoms with Crippen molar-refractivity contribution in [2.75, 3.05) is 6.54 Å². The first-order valence-electron chi connectivity index (χ1n) is 4.59. The predicted molar refractivity (Wildman–Crippen MR) is 60.4 cm³/mol. The Balaban J connectivity index is 2.15. The number of carbonyl (C=O) groups excluding carboxylic acids is 2. The van der Waals surface area contributed by atoms with E-state index in [1.165, 1.54) is 4.90 Å². The lowest BCUT2D eigenvalue weighted by Crippen LogP contribution is -2.27. The van der Waals surface area contributed by atoms with Crippen LogP contribution in [-0.2, 0) is 11.3 Å². The zero-order valence-corrected chi connectivity index (χ0v) is 9.68. The first-order chi connectivity index (χ1) is 7.56. The number of carbonyl (C=O) groups is 2. The summed E-state index contributed by atoms with van der Waals surface area (Å²) in [7, 11) is 0. The summed E-state index contributed by atoms with van der Waals surface area (Å²) in [5, 5.41) is 3.22. The van der Waals surface area contributed by atoms with E-state index in [4.69, 9.17) is 23.2 Å². The SMILES string of the molecule is O=C1CN(Cc2ccc(Cl)cc2Cl)C(=O)N1. The third kappa shape index (κ3) is 2.28. The number of imide groups is 1. The molecule has 6 heteroatoms. The highest BCUT2D eigenvalue weighted by molar-refractivity contribution is 6.35. The number of rotatable bonds is 2. The molecule has 1 fully saturated rings. The number of benzene rings is 1. The van der Waals surface area contributed by atoms with Crippen LogP contribution >= 0.6 is 23.2 Å². The molecule has 1 aliphatic heterocycles. The Morgan fingerprint density at radius 3 is 2.62 bits per heavy atom. The first-order valence-corrected chi connectivity index (χ1v) is 5.34. The quantitative estimate of drug-likeness (QED) is 0.826. The number of urea groups is 1. The zero-order chi connectivity index (χ0) is 11.7. The van der Waals surface area contributed by atoms with Gasteiger partial charge in [0.2, 0.25) is 5.91 Å². The lowest BCUT2D eigenvalue weighted by atomic mass is 10.2. The molecule has 84 valence electrons. The fraction of sp³-hybridized carbons (Fsp3) is 0.200. The Hall–Kier alpha value is -1.26. The van der Waals surface area contributed by atoms with Crippen molar-refractivity contribution in [3.63, 3.8) is 0 Å². The Morgan fingerprint density at radius 2 is 2.06 bits per heavy atom. The molecule has 1 saturated heterocycles. The second-order valence-corrected chi connectivity index (χ2v) is 4.29. The summed E-state index contributed by atoms with van der Waals surface area (Å²) in [6, 6.07) is 4.64. The maximum absolute atomic E-state index is 11.3. The molecule has 1 aromatic rings. The smallest absolute Gasteiger partial charge is 0.311 e. The Morgan fingerprint density at radius 1 is 1.31 bits per heavy atom. The standard InChI is InChI=1S/C10H8Cl2N2O2/c11-7-2-1-6(8(12)3-7)4-14-5-9(15)13-10(14)16/h1-3H,4-5H2,(H,13,15,16). The van der Waals surface area contributed by atoms with E-state index in [1.54, 1.807) is 18.2 Å². The molecule has 4 nitrogen and oxygen atoms in total. The van der Waals surface area contributed by atoms with Crippen LogP contribution in [0.25, 0.3) is 0 Å². The molecule has 0 bridgehead atoms. The number of nitrogens with one attached hydrogen (secondary N) is 1. The minimum Gasteiger partial charge on any atom is -0.311 e. The van der Waals surface area contributed by atoms with E-state index in [9.17, 15) is 9.59 Å². The van der Waals surface area contributed by atoms with Crippen LogP contribution in [0.3, 0.4) is 0 Å². The summed E-state index contributed by atoms with van der Waals surface area (Å²) in [4.78, 5) is 23.6. The fourth-order valence-corrected chi connectivity index (χ4v) is 1.93. The minimum absolute atomic E-state index is 0.0673. The van der Waals surface area contributed by atoms with Gasteiger partial charge in [-0.2, -0.15) is 0 Å². The minimum atomic E-state index is -0.393. The number of hydrogen-bond acceptors (Lipinski definition) is 2. The van der Waals surface area contributed by atoms with E-state index in [-0.39, 0.29) is 12.5 Å². The van der Waals surface area contributed by atoms with Gasteiger partial charge in [-0.3, -0.25) is 10.1 Å². The van der Waals surface area contributed by atoms with Gasteiger partial charge in [0.25, 0.3) is 0 Å². The molecular weight excluding hydrogens is 251 g/mol. The first kappa shape index (κ1) is 11.2. The van der Waals surface area contributed by atoms with Gasteiger partial charge in [0.05, 0.1) is 0 Å². The average Bonchev–Trinajstić information content (AvgIpc) is 2.50. The highest BCUT2D eigenvalue weighted by Gasteiger charge is 2.26. The lowest BCUT2D eigenvalue weighted by molar-refractivity contribution is -0.118. The maximum Gasteiger partial charge on any atom is 0.324 e. The van der Waals surface area contributed by atoms with Crippen molar-refractivity contribution in [2.45, 2.75) is 6.54 Å².